The maximum Gasteiger partial charge on any atom is 0.248 e. The zero-order chi connectivity index (χ0) is 10.7. The fourth-order valence-corrected chi connectivity index (χ4v) is 1.11. The van der Waals surface area contributed by atoms with E-state index in [2.05, 4.69) is 10.3 Å². The van der Waals surface area contributed by atoms with Gasteiger partial charge in [-0.15, -0.1) is 5.10 Å². The van der Waals surface area contributed by atoms with Crippen LogP contribution in [-0.4, -0.2) is 20.9 Å². The van der Waals surface area contributed by atoms with Crippen LogP contribution < -0.4 is 0 Å². The van der Waals surface area contributed by atoms with Crippen LogP contribution in [0.5, 0.6) is 0 Å². The average Bonchev–Trinajstić information content (AvgIpc) is 2.50. The topological polar surface area (TPSA) is 47.8 Å². The third-order valence-electron chi connectivity index (χ3n) is 1.94. The molecule has 1 aromatic heterocycles. The molecule has 0 saturated carbocycles. The van der Waals surface area contributed by atoms with Crippen LogP contribution in [-0.2, 0) is 0 Å². The summed E-state index contributed by atoms with van der Waals surface area (Å²) in [6.07, 6.45) is 2.23. The first-order valence-electron chi connectivity index (χ1n) is 4.96. The Labute approximate surface area is 84.3 Å². The summed E-state index contributed by atoms with van der Waals surface area (Å²) in [5, 5.41) is 7.74. The summed E-state index contributed by atoms with van der Waals surface area (Å²) in [6, 6.07) is 0. The number of rotatable bonds is 3. The summed E-state index contributed by atoms with van der Waals surface area (Å²) in [4.78, 5) is 11.6. The highest BCUT2D eigenvalue weighted by molar-refractivity contribution is 5.77. The minimum absolute atomic E-state index is 0.0133. The number of aromatic nitrogens is 3. The largest absolute Gasteiger partial charge is 0.273 e. The van der Waals surface area contributed by atoms with Gasteiger partial charge < -0.3 is 0 Å². The van der Waals surface area contributed by atoms with Crippen molar-refractivity contribution in [2.45, 2.75) is 40.0 Å². The molecule has 14 heavy (non-hydrogen) atoms. The van der Waals surface area contributed by atoms with E-state index in [4.69, 9.17) is 0 Å². The van der Waals surface area contributed by atoms with E-state index in [9.17, 15) is 4.79 Å². The molecule has 4 nitrogen and oxygen atoms in total. The highest BCUT2D eigenvalue weighted by Gasteiger charge is 2.11. The van der Waals surface area contributed by atoms with Crippen molar-refractivity contribution >= 4 is 5.91 Å². The monoisotopic (exact) mass is 195 g/mol. The fraction of sp³-hybridized carbons (Fsp3) is 0.700. The van der Waals surface area contributed by atoms with Crippen LogP contribution in [0.25, 0.3) is 0 Å². The van der Waals surface area contributed by atoms with Crippen LogP contribution in [0.4, 0.5) is 0 Å². The highest BCUT2D eigenvalue weighted by atomic mass is 16.2. The van der Waals surface area contributed by atoms with Gasteiger partial charge in [-0.25, -0.2) is 0 Å². The Morgan fingerprint density at radius 2 is 2.07 bits per heavy atom. The summed E-state index contributed by atoms with van der Waals surface area (Å²) in [5.41, 5.74) is 0.863. The Bertz CT molecular complexity index is 315. The molecular formula is C10H17N3O. The lowest BCUT2D eigenvalue weighted by atomic mass is 10.1. The van der Waals surface area contributed by atoms with Crippen LogP contribution in [0, 0.1) is 5.92 Å². The van der Waals surface area contributed by atoms with Gasteiger partial charge >= 0.3 is 0 Å². The van der Waals surface area contributed by atoms with E-state index in [1.807, 2.05) is 27.7 Å². The van der Waals surface area contributed by atoms with Crippen LogP contribution >= 0.6 is 0 Å². The fourth-order valence-electron chi connectivity index (χ4n) is 1.11. The summed E-state index contributed by atoms with van der Waals surface area (Å²) < 4.78 is 1.34. The zero-order valence-corrected chi connectivity index (χ0v) is 9.19. The maximum atomic E-state index is 11.6. The van der Waals surface area contributed by atoms with Crippen molar-refractivity contribution in [3.8, 4) is 0 Å². The van der Waals surface area contributed by atoms with Crippen LogP contribution in [0.3, 0.4) is 0 Å². The molecule has 0 spiro atoms. The van der Waals surface area contributed by atoms with Crippen molar-refractivity contribution in [1.29, 1.82) is 0 Å². The highest BCUT2D eigenvalue weighted by Crippen LogP contribution is 2.10. The third-order valence-corrected chi connectivity index (χ3v) is 1.94. The van der Waals surface area contributed by atoms with E-state index < -0.39 is 0 Å². The van der Waals surface area contributed by atoms with Crippen molar-refractivity contribution < 1.29 is 4.79 Å². The number of carbonyl (C=O) groups excluding carboxylic acids is 1. The van der Waals surface area contributed by atoms with Crippen LogP contribution in [0.2, 0.25) is 0 Å². The third kappa shape index (κ3) is 2.65. The molecule has 0 aliphatic rings. The van der Waals surface area contributed by atoms with Gasteiger partial charge in [0.05, 0.1) is 11.9 Å². The molecule has 0 aliphatic heterocycles. The molecule has 1 aromatic rings. The van der Waals surface area contributed by atoms with Crippen LogP contribution in [0.1, 0.15) is 50.5 Å². The van der Waals surface area contributed by atoms with Crippen LogP contribution in [0.15, 0.2) is 6.20 Å². The van der Waals surface area contributed by atoms with E-state index in [-0.39, 0.29) is 5.91 Å². The Hall–Kier alpha value is -1.19. The second kappa shape index (κ2) is 4.35. The molecule has 0 radical (unpaired) electrons. The minimum atomic E-state index is 0.0133. The molecule has 0 bridgehead atoms. The van der Waals surface area contributed by atoms with Gasteiger partial charge in [-0.05, 0) is 11.8 Å². The quantitative estimate of drug-likeness (QED) is 0.742. The summed E-state index contributed by atoms with van der Waals surface area (Å²) in [6.45, 7) is 8.08. The SMILES string of the molecule is CC(C)CC(=O)n1cc(C(C)C)nn1. The normalized spacial score (nSPS) is 11.3. The molecular weight excluding hydrogens is 178 g/mol. The van der Waals surface area contributed by atoms with Gasteiger partial charge in [-0.3, -0.25) is 4.79 Å². The molecule has 0 atom stereocenters. The predicted octanol–water partition coefficient (Wildman–Crippen LogP) is 2.09. The summed E-state index contributed by atoms with van der Waals surface area (Å²) in [7, 11) is 0. The standard InChI is InChI=1S/C10H17N3O/c1-7(2)5-10(14)13-6-9(8(3)4)11-12-13/h6-8H,5H2,1-4H3. The zero-order valence-electron chi connectivity index (χ0n) is 9.19. The molecule has 0 aromatic carbocycles. The molecule has 0 aliphatic carbocycles. The number of hydrogen-bond acceptors (Lipinski definition) is 3. The van der Waals surface area contributed by atoms with Crippen molar-refractivity contribution in [2.24, 2.45) is 5.92 Å². The Morgan fingerprint density at radius 1 is 1.43 bits per heavy atom. The van der Waals surface area contributed by atoms with Crippen molar-refractivity contribution in [3.05, 3.63) is 11.9 Å². The van der Waals surface area contributed by atoms with E-state index >= 15 is 0 Å². The Kier molecular flexibility index (Phi) is 3.38. The van der Waals surface area contributed by atoms with Crippen molar-refractivity contribution in [2.75, 3.05) is 0 Å². The van der Waals surface area contributed by atoms with E-state index in [1.54, 1.807) is 6.20 Å². The van der Waals surface area contributed by atoms with Gasteiger partial charge in [0.1, 0.15) is 0 Å². The van der Waals surface area contributed by atoms with Gasteiger partial charge in [0, 0.05) is 6.42 Å². The molecule has 0 amide bonds. The average molecular weight is 195 g/mol. The maximum absolute atomic E-state index is 11.6. The summed E-state index contributed by atoms with van der Waals surface area (Å²) >= 11 is 0. The molecule has 4 heteroatoms. The Morgan fingerprint density at radius 3 is 2.50 bits per heavy atom. The Balaban J connectivity index is 2.71. The molecule has 1 rings (SSSR count). The molecule has 0 unspecified atom stereocenters. The lowest BCUT2D eigenvalue weighted by molar-refractivity contribution is 0.0868. The van der Waals surface area contributed by atoms with Gasteiger partial charge in [0.25, 0.3) is 0 Å². The molecule has 1 heterocycles. The van der Waals surface area contributed by atoms with E-state index in [0.29, 0.717) is 18.3 Å². The number of hydrogen-bond donors (Lipinski definition) is 0. The van der Waals surface area contributed by atoms with E-state index in [1.165, 1.54) is 4.68 Å². The molecule has 0 saturated heterocycles. The first-order valence-corrected chi connectivity index (χ1v) is 4.96. The molecule has 0 fully saturated rings. The first kappa shape index (κ1) is 10.9. The molecule has 0 N–H and O–H groups in total. The molecule has 78 valence electrons. The summed E-state index contributed by atoms with van der Waals surface area (Å²) in [5.74, 6) is 0.684. The second-order valence-corrected chi connectivity index (χ2v) is 4.23. The van der Waals surface area contributed by atoms with Crippen molar-refractivity contribution in [3.63, 3.8) is 0 Å². The predicted molar refractivity (Wildman–Crippen MR) is 54.2 cm³/mol. The van der Waals surface area contributed by atoms with E-state index in [0.717, 1.165) is 5.69 Å². The lowest BCUT2D eigenvalue weighted by Gasteiger charge is -2.01. The minimum Gasteiger partial charge on any atom is -0.273 e. The van der Waals surface area contributed by atoms with Gasteiger partial charge in [0.2, 0.25) is 5.91 Å². The second-order valence-electron chi connectivity index (χ2n) is 4.23. The van der Waals surface area contributed by atoms with Crippen molar-refractivity contribution in [1.82, 2.24) is 15.0 Å². The van der Waals surface area contributed by atoms with Gasteiger partial charge in [-0.2, -0.15) is 4.68 Å². The number of carbonyl (C=O) groups is 1. The lowest BCUT2D eigenvalue weighted by Crippen LogP contribution is -2.13. The number of nitrogens with zero attached hydrogens (tertiary/aromatic N) is 3. The smallest absolute Gasteiger partial charge is 0.248 e. The van der Waals surface area contributed by atoms with Gasteiger partial charge in [0.15, 0.2) is 0 Å². The van der Waals surface area contributed by atoms with Gasteiger partial charge in [-0.1, -0.05) is 32.9 Å². The first-order chi connectivity index (χ1) is 6.50.